The predicted octanol–water partition coefficient (Wildman–Crippen LogP) is 4.98. The molecule has 0 spiro atoms. The summed E-state index contributed by atoms with van der Waals surface area (Å²) in [5.41, 5.74) is 1.68. The van der Waals surface area contributed by atoms with Crippen LogP contribution in [0.15, 0.2) is 53.4 Å². The maximum absolute atomic E-state index is 12.6. The van der Waals surface area contributed by atoms with Crippen LogP contribution in [0, 0.1) is 0 Å². The number of benzene rings is 2. The lowest BCUT2D eigenvalue weighted by Crippen LogP contribution is -2.27. The van der Waals surface area contributed by atoms with Gasteiger partial charge in [0.25, 0.3) is 11.1 Å². The van der Waals surface area contributed by atoms with Gasteiger partial charge in [-0.15, -0.1) is 0 Å². The second-order valence-corrected chi connectivity index (χ2v) is 6.83. The monoisotopic (exact) mass is 373 g/mol. The van der Waals surface area contributed by atoms with Crippen molar-refractivity contribution in [3.63, 3.8) is 0 Å². The van der Waals surface area contributed by atoms with Crippen molar-refractivity contribution in [2.75, 3.05) is 6.61 Å². The zero-order valence-electron chi connectivity index (χ0n) is 13.6. The van der Waals surface area contributed by atoms with Gasteiger partial charge in [0, 0.05) is 5.02 Å². The molecular formula is C19H16ClNO3S. The second-order valence-electron chi connectivity index (χ2n) is 5.40. The van der Waals surface area contributed by atoms with Gasteiger partial charge in [-0.2, -0.15) is 0 Å². The van der Waals surface area contributed by atoms with E-state index in [0.29, 0.717) is 16.5 Å². The van der Waals surface area contributed by atoms with Crippen molar-refractivity contribution in [2.45, 2.75) is 13.5 Å². The Bertz CT molecular complexity index is 833. The van der Waals surface area contributed by atoms with Gasteiger partial charge in [-0.25, -0.2) is 0 Å². The Kier molecular flexibility index (Phi) is 5.46. The van der Waals surface area contributed by atoms with Gasteiger partial charge in [0.15, 0.2) is 0 Å². The van der Waals surface area contributed by atoms with Crippen molar-refractivity contribution in [1.82, 2.24) is 4.90 Å². The lowest BCUT2D eigenvalue weighted by molar-refractivity contribution is -0.123. The number of thioether (sulfide) groups is 1. The van der Waals surface area contributed by atoms with E-state index < -0.39 is 0 Å². The van der Waals surface area contributed by atoms with E-state index in [4.69, 9.17) is 16.3 Å². The molecule has 4 nitrogen and oxygen atoms in total. The Hall–Kier alpha value is -2.24. The van der Waals surface area contributed by atoms with Crippen LogP contribution in [-0.4, -0.2) is 22.7 Å². The van der Waals surface area contributed by atoms with Crippen LogP contribution in [0.2, 0.25) is 5.02 Å². The number of carbonyl (C=O) groups excluding carboxylic acids is 2. The summed E-state index contributed by atoms with van der Waals surface area (Å²) >= 11 is 6.81. The maximum Gasteiger partial charge on any atom is 0.293 e. The fourth-order valence-electron chi connectivity index (χ4n) is 2.42. The van der Waals surface area contributed by atoms with Crippen LogP contribution in [0.3, 0.4) is 0 Å². The Labute approximate surface area is 155 Å². The molecule has 0 aromatic heterocycles. The predicted molar refractivity (Wildman–Crippen MR) is 101 cm³/mol. The van der Waals surface area contributed by atoms with Crippen LogP contribution in [0.4, 0.5) is 4.79 Å². The number of amides is 2. The summed E-state index contributed by atoms with van der Waals surface area (Å²) < 4.78 is 5.46. The molecule has 128 valence electrons. The molecule has 0 atom stereocenters. The minimum atomic E-state index is -0.285. The molecule has 25 heavy (non-hydrogen) atoms. The van der Waals surface area contributed by atoms with Crippen LogP contribution in [0.1, 0.15) is 18.1 Å². The average molecular weight is 374 g/mol. The Balaban J connectivity index is 1.78. The number of imide groups is 1. The third-order valence-corrected chi connectivity index (χ3v) is 4.75. The molecule has 6 heteroatoms. The first-order valence-corrected chi connectivity index (χ1v) is 8.99. The summed E-state index contributed by atoms with van der Waals surface area (Å²) in [4.78, 5) is 26.4. The first kappa shape index (κ1) is 17.6. The van der Waals surface area contributed by atoms with Crippen LogP contribution in [0.25, 0.3) is 6.08 Å². The molecule has 2 aromatic rings. The van der Waals surface area contributed by atoms with E-state index in [1.165, 1.54) is 4.90 Å². The Morgan fingerprint density at radius 3 is 2.64 bits per heavy atom. The molecule has 3 rings (SSSR count). The number of carbonyl (C=O) groups is 2. The SMILES string of the molecule is CCOc1cccc(/C=C2\SC(=O)N(Cc3ccc(Cl)cc3)C2=O)c1. The average Bonchev–Trinajstić information content (AvgIpc) is 2.85. The van der Waals surface area contributed by atoms with Crippen LogP contribution in [-0.2, 0) is 11.3 Å². The molecule has 0 radical (unpaired) electrons. The molecule has 0 bridgehead atoms. The minimum Gasteiger partial charge on any atom is -0.494 e. The van der Waals surface area contributed by atoms with Gasteiger partial charge in [0.2, 0.25) is 0 Å². The number of hydrogen-bond acceptors (Lipinski definition) is 4. The largest absolute Gasteiger partial charge is 0.494 e. The number of rotatable bonds is 5. The van der Waals surface area contributed by atoms with Gasteiger partial charge in [-0.05, 0) is 60.2 Å². The normalized spacial score (nSPS) is 15.9. The third-order valence-electron chi connectivity index (χ3n) is 3.59. The van der Waals surface area contributed by atoms with Crippen LogP contribution in [0.5, 0.6) is 5.75 Å². The smallest absolute Gasteiger partial charge is 0.293 e. The van der Waals surface area contributed by atoms with Gasteiger partial charge >= 0.3 is 0 Å². The molecule has 0 unspecified atom stereocenters. The van der Waals surface area contributed by atoms with E-state index >= 15 is 0 Å². The fourth-order valence-corrected chi connectivity index (χ4v) is 3.39. The van der Waals surface area contributed by atoms with E-state index in [2.05, 4.69) is 0 Å². The molecule has 1 fully saturated rings. The Morgan fingerprint density at radius 1 is 1.16 bits per heavy atom. The summed E-state index contributed by atoms with van der Waals surface area (Å²) in [5, 5.41) is 0.346. The maximum atomic E-state index is 12.6. The van der Waals surface area contributed by atoms with E-state index in [9.17, 15) is 9.59 Å². The van der Waals surface area contributed by atoms with Gasteiger partial charge in [0.1, 0.15) is 5.75 Å². The molecular weight excluding hydrogens is 358 g/mol. The second kappa shape index (κ2) is 7.76. The number of nitrogens with zero attached hydrogens (tertiary/aromatic N) is 1. The third kappa shape index (κ3) is 4.24. The molecule has 1 heterocycles. The van der Waals surface area contributed by atoms with Gasteiger partial charge in [0.05, 0.1) is 18.1 Å². The van der Waals surface area contributed by atoms with Crippen LogP contribution >= 0.6 is 23.4 Å². The molecule has 1 aliphatic heterocycles. The van der Waals surface area contributed by atoms with Crippen molar-refractivity contribution in [3.8, 4) is 5.75 Å². The van der Waals surface area contributed by atoms with Gasteiger partial charge < -0.3 is 4.74 Å². The fraction of sp³-hybridized carbons (Fsp3) is 0.158. The molecule has 2 aromatic carbocycles. The van der Waals surface area contributed by atoms with Crippen molar-refractivity contribution in [2.24, 2.45) is 0 Å². The molecule has 0 saturated carbocycles. The van der Waals surface area contributed by atoms with Crippen molar-refractivity contribution < 1.29 is 14.3 Å². The summed E-state index contributed by atoms with van der Waals surface area (Å²) in [5.74, 6) is 0.448. The minimum absolute atomic E-state index is 0.234. The summed E-state index contributed by atoms with van der Waals surface area (Å²) in [6, 6.07) is 14.5. The van der Waals surface area contributed by atoms with Crippen molar-refractivity contribution in [1.29, 1.82) is 0 Å². The van der Waals surface area contributed by atoms with E-state index in [0.717, 1.165) is 28.6 Å². The quantitative estimate of drug-likeness (QED) is 0.694. The molecule has 2 amide bonds. The first-order valence-electron chi connectivity index (χ1n) is 7.79. The number of halogens is 1. The van der Waals surface area contributed by atoms with E-state index in [1.54, 1.807) is 30.3 Å². The standard InChI is InChI=1S/C19H16ClNO3S/c1-2-24-16-5-3-4-14(10-16)11-17-18(22)21(19(23)25-17)12-13-6-8-15(20)9-7-13/h3-11H,2,12H2,1H3/b17-11-. The lowest BCUT2D eigenvalue weighted by Gasteiger charge is -2.12. The highest BCUT2D eigenvalue weighted by atomic mass is 35.5. The molecule has 0 N–H and O–H groups in total. The van der Waals surface area contributed by atoms with Gasteiger partial charge in [-0.1, -0.05) is 35.9 Å². The lowest BCUT2D eigenvalue weighted by atomic mass is 10.2. The molecule has 0 aliphatic carbocycles. The van der Waals surface area contributed by atoms with Crippen LogP contribution < -0.4 is 4.74 Å². The van der Waals surface area contributed by atoms with Crippen molar-refractivity contribution >= 4 is 40.6 Å². The van der Waals surface area contributed by atoms with E-state index in [-0.39, 0.29) is 17.7 Å². The van der Waals surface area contributed by atoms with E-state index in [1.807, 2.05) is 31.2 Å². The highest BCUT2D eigenvalue weighted by molar-refractivity contribution is 8.18. The zero-order valence-corrected chi connectivity index (χ0v) is 15.1. The number of hydrogen-bond donors (Lipinski definition) is 0. The molecule has 1 aliphatic rings. The topological polar surface area (TPSA) is 46.6 Å². The number of ether oxygens (including phenoxy) is 1. The highest BCUT2D eigenvalue weighted by Gasteiger charge is 2.34. The summed E-state index contributed by atoms with van der Waals surface area (Å²) in [6.07, 6.45) is 1.72. The van der Waals surface area contributed by atoms with Crippen molar-refractivity contribution in [3.05, 3.63) is 69.6 Å². The zero-order chi connectivity index (χ0) is 17.8. The molecule has 1 saturated heterocycles. The highest BCUT2D eigenvalue weighted by Crippen LogP contribution is 2.33. The Morgan fingerprint density at radius 2 is 1.92 bits per heavy atom. The summed E-state index contributed by atoms with van der Waals surface area (Å²) in [6.45, 7) is 2.72. The summed E-state index contributed by atoms with van der Waals surface area (Å²) in [7, 11) is 0. The van der Waals surface area contributed by atoms with Gasteiger partial charge in [-0.3, -0.25) is 14.5 Å². The first-order chi connectivity index (χ1) is 12.1.